The molecule has 1 aromatic heterocycles. The molecule has 0 aromatic carbocycles. The number of carbonyl (C=O) groups excluding carboxylic acids is 1. The Bertz CT molecular complexity index is 551. The van der Waals surface area contributed by atoms with Crippen LogP contribution in [-0.2, 0) is 4.74 Å². The van der Waals surface area contributed by atoms with Gasteiger partial charge in [0.25, 0.3) is 5.91 Å². The van der Waals surface area contributed by atoms with Crippen LogP contribution < -0.4 is 5.32 Å². The predicted octanol–water partition coefficient (Wildman–Crippen LogP) is 3.16. The van der Waals surface area contributed by atoms with E-state index in [1.54, 1.807) is 0 Å². The average molecular weight is 415 g/mol. The maximum Gasteiger partial charge on any atom is 0.273 e. The summed E-state index contributed by atoms with van der Waals surface area (Å²) in [6.45, 7) is 12.6. The number of nitrogens with zero attached hydrogens (tertiary/aromatic N) is 2. The zero-order chi connectivity index (χ0) is 18.4. The highest BCUT2D eigenvalue weighted by Gasteiger charge is 2.28. The number of aromatic nitrogens is 2. The van der Waals surface area contributed by atoms with E-state index in [9.17, 15) is 4.79 Å². The first-order chi connectivity index (χ1) is 12.0. The minimum absolute atomic E-state index is 0.126. The van der Waals surface area contributed by atoms with Crippen LogP contribution in [0, 0.1) is 5.92 Å². The van der Waals surface area contributed by atoms with Crippen molar-refractivity contribution in [1.82, 2.24) is 20.4 Å². The van der Waals surface area contributed by atoms with Crippen LogP contribution in [0.5, 0.6) is 0 Å². The van der Waals surface area contributed by atoms with E-state index in [4.69, 9.17) is 4.74 Å². The van der Waals surface area contributed by atoms with Crippen LogP contribution in [0.1, 0.15) is 62.6 Å². The molecule has 1 aliphatic heterocycles. The van der Waals surface area contributed by atoms with Crippen molar-refractivity contribution in [1.29, 1.82) is 0 Å². The quantitative estimate of drug-likeness (QED) is 0.685. The lowest BCUT2D eigenvalue weighted by atomic mass is 9.92. The molecule has 1 aromatic rings. The fraction of sp³-hybridized carbons (Fsp3) is 0.778. The summed E-state index contributed by atoms with van der Waals surface area (Å²) >= 11 is 3.51. The van der Waals surface area contributed by atoms with Gasteiger partial charge in [-0.15, -0.1) is 0 Å². The summed E-state index contributed by atoms with van der Waals surface area (Å²) in [5.41, 5.74) is 1.39. The van der Waals surface area contributed by atoms with Gasteiger partial charge in [0.15, 0.2) is 5.69 Å². The molecule has 2 rings (SSSR count). The molecular formula is C18H31BrN4O2. The van der Waals surface area contributed by atoms with E-state index in [1.165, 1.54) is 0 Å². The number of amides is 1. The molecule has 1 fully saturated rings. The van der Waals surface area contributed by atoms with Crippen LogP contribution in [0.15, 0.2) is 4.47 Å². The van der Waals surface area contributed by atoms with Gasteiger partial charge in [-0.1, -0.05) is 40.5 Å². The van der Waals surface area contributed by atoms with Crippen molar-refractivity contribution in [3.05, 3.63) is 15.9 Å². The summed E-state index contributed by atoms with van der Waals surface area (Å²) in [5, 5.41) is 10.3. The fourth-order valence-electron chi connectivity index (χ4n) is 3.49. The lowest BCUT2D eigenvalue weighted by Crippen LogP contribution is -2.52. The molecule has 2 N–H and O–H groups in total. The Labute approximate surface area is 159 Å². The molecule has 0 bridgehead atoms. The van der Waals surface area contributed by atoms with Gasteiger partial charge in [0, 0.05) is 25.7 Å². The number of nitrogens with one attached hydrogen (secondary N) is 2. The van der Waals surface area contributed by atoms with E-state index in [2.05, 4.69) is 64.0 Å². The number of morpholine rings is 1. The largest absolute Gasteiger partial charge is 0.379 e. The van der Waals surface area contributed by atoms with Crippen molar-refractivity contribution >= 4 is 21.8 Å². The highest BCUT2D eigenvalue weighted by atomic mass is 79.9. The topological polar surface area (TPSA) is 70.2 Å². The van der Waals surface area contributed by atoms with Gasteiger partial charge in [-0.2, -0.15) is 5.10 Å². The highest BCUT2D eigenvalue weighted by molar-refractivity contribution is 9.10. The SMILES string of the molecule is CCC(CC)C(CNC(=O)c1n[nH]c(C(C)C)c1Br)N1CCOCC1. The maximum atomic E-state index is 12.6. The third-order valence-corrected chi connectivity index (χ3v) is 5.91. The zero-order valence-corrected chi connectivity index (χ0v) is 17.4. The summed E-state index contributed by atoms with van der Waals surface area (Å²) in [6.07, 6.45) is 2.22. The maximum absolute atomic E-state index is 12.6. The molecule has 142 valence electrons. The van der Waals surface area contributed by atoms with E-state index in [0.29, 0.717) is 24.2 Å². The van der Waals surface area contributed by atoms with Gasteiger partial charge in [0.1, 0.15) is 0 Å². The van der Waals surface area contributed by atoms with Gasteiger partial charge in [0.05, 0.1) is 23.4 Å². The first-order valence-corrected chi connectivity index (χ1v) is 10.1. The Kier molecular flexibility index (Phi) is 7.90. The van der Waals surface area contributed by atoms with Gasteiger partial charge < -0.3 is 10.1 Å². The van der Waals surface area contributed by atoms with Gasteiger partial charge in [0.2, 0.25) is 0 Å². The second-order valence-electron chi connectivity index (χ2n) is 6.96. The Morgan fingerprint density at radius 1 is 1.32 bits per heavy atom. The second kappa shape index (κ2) is 9.69. The molecule has 1 aliphatic rings. The molecule has 7 heteroatoms. The van der Waals surface area contributed by atoms with E-state index in [1.807, 2.05) is 0 Å². The molecule has 6 nitrogen and oxygen atoms in total. The van der Waals surface area contributed by atoms with Crippen molar-refractivity contribution in [3.63, 3.8) is 0 Å². The van der Waals surface area contributed by atoms with E-state index in [-0.39, 0.29) is 11.8 Å². The van der Waals surface area contributed by atoms with Gasteiger partial charge >= 0.3 is 0 Å². The number of aromatic amines is 1. The Balaban J connectivity index is 2.04. The Morgan fingerprint density at radius 3 is 2.48 bits per heavy atom. The van der Waals surface area contributed by atoms with Crippen LogP contribution in [0.25, 0.3) is 0 Å². The van der Waals surface area contributed by atoms with Crippen molar-refractivity contribution in [3.8, 4) is 0 Å². The number of hydrogen-bond acceptors (Lipinski definition) is 4. The van der Waals surface area contributed by atoms with E-state index >= 15 is 0 Å². The van der Waals surface area contributed by atoms with Crippen molar-refractivity contribution < 1.29 is 9.53 Å². The Hall–Kier alpha value is -0.920. The van der Waals surface area contributed by atoms with Crippen LogP contribution >= 0.6 is 15.9 Å². The standard InChI is InChI=1S/C18H31BrN4O2/c1-5-13(6-2)14(23-7-9-25-10-8-23)11-20-18(24)17-15(19)16(12(3)4)21-22-17/h12-14H,5-11H2,1-4H3,(H,20,24)(H,21,22). The van der Waals surface area contributed by atoms with Crippen molar-refractivity contribution in [2.45, 2.75) is 52.5 Å². The molecular weight excluding hydrogens is 384 g/mol. The van der Waals surface area contributed by atoms with Gasteiger partial charge in [-0.3, -0.25) is 14.8 Å². The number of hydrogen-bond donors (Lipinski definition) is 2. The molecule has 1 amide bonds. The third-order valence-electron chi connectivity index (χ3n) is 5.10. The third kappa shape index (κ3) is 5.05. The first-order valence-electron chi connectivity index (χ1n) is 9.33. The molecule has 1 atom stereocenters. The van der Waals surface area contributed by atoms with Crippen molar-refractivity contribution in [2.75, 3.05) is 32.8 Å². The molecule has 1 unspecified atom stereocenters. The summed E-state index contributed by atoms with van der Waals surface area (Å²) < 4.78 is 6.25. The van der Waals surface area contributed by atoms with Crippen LogP contribution in [0.4, 0.5) is 0 Å². The molecule has 0 aliphatic carbocycles. The minimum Gasteiger partial charge on any atom is -0.379 e. The first kappa shape index (κ1) is 20.4. The summed E-state index contributed by atoms with van der Waals surface area (Å²) in [7, 11) is 0. The van der Waals surface area contributed by atoms with Crippen LogP contribution in [0.2, 0.25) is 0 Å². The lowest BCUT2D eigenvalue weighted by Gasteiger charge is -2.38. The summed E-state index contributed by atoms with van der Waals surface area (Å²) in [4.78, 5) is 15.1. The Morgan fingerprint density at radius 2 is 1.96 bits per heavy atom. The zero-order valence-electron chi connectivity index (χ0n) is 15.8. The highest BCUT2D eigenvalue weighted by Crippen LogP contribution is 2.25. The lowest BCUT2D eigenvalue weighted by molar-refractivity contribution is 0.00190. The number of ether oxygens (including phenoxy) is 1. The smallest absolute Gasteiger partial charge is 0.273 e. The van der Waals surface area contributed by atoms with E-state index in [0.717, 1.165) is 49.3 Å². The minimum atomic E-state index is -0.126. The molecule has 1 saturated heterocycles. The monoisotopic (exact) mass is 414 g/mol. The normalized spacial score (nSPS) is 17.2. The summed E-state index contributed by atoms with van der Waals surface area (Å²) in [5.74, 6) is 0.723. The fourth-order valence-corrected chi connectivity index (χ4v) is 4.31. The second-order valence-corrected chi connectivity index (χ2v) is 7.75. The molecule has 0 saturated carbocycles. The average Bonchev–Trinajstić information content (AvgIpc) is 3.01. The summed E-state index contributed by atoms with van der Waals surface area (Å²) in [6, 6.07) is 0.338. The van der Waals surface area contributed by atoms with Gasteiger partial charge in [-0.05, 0) is 27.8 Å². The number of rotatable bonds is 8. The van der Waals surface area contributed by atoms with Gasteiger partial charge in [-0.25, -0.2) is 0 Å². The predicted molar refractivity (Wildman–Crippen MR) is 103 cm³/mol. The van der Waals surface area contributed by atoms with Crippen molar-refractivity contribution in [2.24, 2.45) is 5.92 Å². The number of halogens is 1. The van der Waals surface area contributed by atoms with Crippen LogP contribution in [-0.4, -0.2) is 59.9 Å². The number of H-pyrrole nitrogens is 1. The molecule has 25 heavy (non-hydrogen) atoms. The molecule has 0 radical (unpaired) electrons. The van der Waals surface area contributed by atoms with Crippen LogP contribution in [0.3, 0.4) is 0 Å². The molecule has 0 spiro atoms. The van der Waals surface area contributed by atoms with E-state index < -0.39 is 0 Å². The number of carbonyl (C=O) groups is 1. The molecule has 2 heterocycles.